The van der Waals surface area contributed by atoms with Crippen molar-refractivity contribution in [2.45, 2.75) is 44.6 Å². The molecule has 0 radical (unpaired) electrons. The normalized spacial score (nSPS) is 24.2. The fourth-order valence-corrected chi connectivity index (χ4v) is 2.93. The molecule has 0 N–H and O–H groups in total. The van der Waals surface area contributed by atoms with Crippen LogP contribution in [0, 0.1) is 16.7 Å². The van der Waals surface area contributed by atoms with E-state index >= 15 is 0 Å². The molecule has 0 aromatic rings. The molecular formula is C13H20N2O2. The first-order valence-corrected chi connectivity index (χ1v) is 6.46. The molecule has 17 heavy (non-hydrogen) atoms. The van der Waals surface area contributed by atoms with Crippen molar-refractivity contribution >= 4 is 5.91 Å². The van der Waals surface area contributed by atoms with Gasteiger partial charge in [-0.2, -0.15) is 5.26 Å². The second-order valence-electron chi connectivity index (χ2n) is 5.16. The lowest BCUT2D eigenvalue weighted by Crippen LogP contribution is -2.47. The van der Waals surface area contributed by atoms with E-state index in [9.17, 15) is 10.1 Å². The van der Waals surface area contributed by atoms with Crippen molar-refractivity contribution in [3.8, 4) is 6.07 Å². The molecule has 0 unspecified atom stereocenters. The largest absolute Gasteiger partial charge is 0.381 e. The number of nitriles is 1. The molecule has 0 spiro atoms. The third-order valence-electron chi connectivity index (χ3n) is 4.14. The summed E-state index contributed by atoms with van der Waals surface area (Å²) < 4.78 is 5.30. The zero-order valence-corrected chi connectivity index (χ0v) is 10.4. The molecule has 1 saturated heterocycles. The van der Waals surface area contributed by atoms with Gasteiger partial charge in [0.15, 0.2) is 0 Å². The van der Waals surface area contributed by atoms with Crippen molar-refractivity contribution in [2.24, 2.45) is 5.41 Å². The molecule has 0 aromatic carbocycles. The van der Waals surface area contributed by atoms with Gasteiger partial charge in [0.25, 0.3) is 0 Å². The van der Waals surface area contributed by atoms with Crippen LogP contribution in [0.15, 0.2) is 0 Å². The molecule has 1 heterocycles. The SMILES string of the molecule is CN(C(=O)C1(C#N)CCCC1)C1CCOCC1. The number of carbonyl (C=O) groups is 1. The average molecular weight is 236 g/mol. The second-order valence-corrected chi connectivity index (χ2v) is 5.16. The van der Waals surface area contributed by atoms with E-state index in [2.05, 4.69) is 6.07 Å². The predicted molar refractivity (Wildman–Crippen MR) is 63.1 cm³/mol. The summed E-state index contributed by atoms with van der Waals surface area (Å²) in [5.41, 5.74) is -0.729. The standard InChI is InChI=1S/C13H20N2O2/c1-15(11-4-8-17-9-5-11)12(16)13(10-14)6-2-3-7-13/h11H,2-9H2,1H3. The molecule has 0 atom stereocenters. The summed E-state index contributed by atoms with van der Waals surface area (Å²) in [6.45, 7) is 1.45. The first kappa shape index (κ1) is 12.4. The number of carbonyl (C=O) groups excluding carboxylic acids is 1. The second kappa shape index (κ2) is 5.05. The van der Waals surface area contributed by atoms with Crippen LogP contribution in [0.3, 0.4) is 0 Å². The van der Waals surface area contributed by atoms with E-state index in [4.69, 9.17) is 4.74 Å². The van der Waals surface area contributed by atoms with Gasteiger partial charge in [-0.1, -0.05) is 12.8 Å². The summed E-state index contributed by atoms with van der Waals surface area (Å²) in [4.78, 5) is 14.3. The van der Waals surface area contributed by atoms with Crippen LogP contribution in [0.1, 0.15) is 38.5 Å². The van der Waals surface area contributed by atoms with E-state index in [1.165, 1.54) is 0 Å². The van der Waals surface area contributed by atoms with Crippen LogP contribution < -0.4 is 0 Å². The van der Waals surface area contributed by atoms with Gasteiger partial charge in [0.1, 0.15) is 5.41 Å². The third-order valence-corrected chi connectivity index (χ3v) is 4.14. The molecular weight excluding hydrogens is 216 g/mol. The highest BCUT2D eigenvalue weighted by atomic mass is 16.5. The van der Waals surface area contributed by atoms with E-state index in [1.54, 1.807) is 4.90 Å². The molecule has 4 nitrogen and oxygen atoms in total. The van der Waals surface area contributed by atoms with Crippen molar-refractivity contribution < 1.29 is 9.53 Å². The minimum atomic E-state index is -0.729. The Kier molecular flexibility index (Phi) is 3.68. The van der Waals surface area contributed by atoms with E-state index in [0.29, 0.717) is 0 Å². The maximum Gasteiger partial charge on any atom is 0.243 e. The van der Waals surface area contributed by atoms with Crippen LogP contribution in [0.25, 0.3) is 0 Å². The lowest BCUT2D eigenvalue weighted by molar-refractivity contribution is -0.141. The molecule has 1 amide bonds. The number of nitrogens with zero attached hydrogens (tertiary/aromatic N) is 2. The molecule has 1 aliphatic heterocycles. The van der Waals surface area contributed by atoms with Gasteiger partial charge < -0.3 is 9.64 Å². The Bertz CT molecular complexity index is 323. The van der Waals surface area contributed by atoms with Gasteiger partial charge in [0.05, 0.1) is 6.07 Å². The predicted octanol–water partition coefficient (Wildman–Crippen LogP) is 1.71. The lowest BCUT2D eigenvalue weighted by atomic mass is 9.85. The van der Waals surface area contributed by atoms with Crippen molar-refractivity contribution in [1.82, 2.24) is 4.90 Å². The zero-order chi connectivity index (χ0) is 12.3. The Morgan fingerprint density at radius 3 is 2.47 bits per heavy atom. The Balaban J connectivity index is 2.05. The zero-order valence-electron chi connectivity index (χ0n) is 10.4. The molecule has 94 valence electrons. The molecule has 0 aromatic heterocycles. The summed E-state index contributed by atoms with van der Waals surface area (Å²) in [5, 5.41) is 9.31. The van der Waals surface area contributed by atoms with Crippen molar-refractivity contribution in [3.63, 3.8) is 0 Å². The van der Waals surface area contributed by atoms with Crippen molar-refractivity contribution in [2.75, 3.05) is 20.3 Å². The lowest BCUT2D eigenvalue weighted by Gasteiger charge is -2.35. The van der Waals surface area contributed by atoms with E-state index in [-0.39, 0.29) is 11.9 Å². The highest BCUT2D eigenvalue weighted by molar-refractivity contribution is 5.85. The summed E-state index contributed by atoms with van der Waals surface area (Å²) >= 11 is 0. The quantitative estimate of drug-likeness (QED) is 0.733. The van der Waals surface area contributed by atoms with Crippen LogP contribution in [0.2, 0.25) is 0 Å². The molecule has 0 bridgehead atoms. The molecule has 1 aliphatic carbocycles. The fourth-order valence-electron chi connectivity index (χ4n) is 2.93. The molecule has 4 heteroatoms. The van der Waals surface area contributed by atoms with Crippen molar-refractivity contribution in [1.29, 1.82) is 5.26 Å². The average Bonchev–Trinajstić information content (AvgIpc) is 2.88. The van der Waals surface area contributed by atoms with E-state index in [0.717, 1.165) is 51.7 Å². The Hall–Kier alpha value is -1.08. The minimum absolute atomic E-state index is 0.0319. The van der Waals surface area contributed by atoms with Crippen LogP contribution in [0.4, 0.5) is 0 Å². The van der Waals surface area contributed by atoms with Crippen LogP contribution in [-0.2, 0) is 9.53 Å². The van der Waals surface area contributed by atoms with Gasteiger partial charge in [-0.05, 0) is 25.7 Å². The fraction of sp³-hybridized carbons (Fsp3) is 0.846. The van der Waals surface area contributed by atoms with Crippen LogP contribution >= 0.6 is 0 Å². The highest BCUT2D eigenvalue weighted by Crippen LogP contribution is 2.39. The molecule has 1 saturated carbocycles. The summed E-state index contributed by atoms with van der Waals surface area (Å²) in [7, 11) is 1.84. The van der Waals surface area contributed by atoms with E-state index < -0.39 is 5.41 Å². The molecule has 2 fully saturated rings. The number of rotatable bonds is 2. The first-order chi connectivity index (χ1) is 8.19. The van der Waals surface area contributed by atoms with Gasteiger partial charge in [-0.25, -0.2) is 0 Å². The maximum absolute atomic E-state index is 12.5. The van der Waals surface area contributed by atoms with E-state index in [1.807, 2.05) is 7.05 Å². The van der Waals surface area contributed by atoms with Gasteiger partial charge >= 0.3 is 0 Å². The van der Waals surface area contributed by atoms with Gasteiger partial charge in [0, 0.05) is 26.3 Å². The smallest absolute Gasteiger partial charge is 0.243 e. The van der Waals surface area contributed by atoms with Crippen LogP contribution in [0.5, 0.6) is 0 Å². The number of ether oxygens (including phenoxy) is 1. The minimum Gasteiger partial charge on any atom is -0.381 e. The highest BCUT2D eigenvalue weighted by Gasteiger charge is 2.44. The van der Waals surface area contributed by atoms with Gasteiger partial charge in [-0.15, -0.1) is 0 Å². The Labute approximate surface area is 103 Å². The summed E-state index contributed by atoms with van der Waals surface area (Å²) in [6.07, 6.45) is 5.25. The number of amides is 1. The van der Waals surface area contributed by atoms with Gasteiger partial charge in [0.2, 0.25) is 5.91 Å². The summed E-state index contributed by atoms with van der Waals surface area (Å²) in [6, 6.07) is 2.53. The Morgan fingerprint density at radius 1 is 1.35 bits per heavy atom. The topological polar surface area (TPSA) is 53.3 Å². The summed E-state index contributed by atoms with van der Waals surface area (Å²) in [5.74, 6) is 0.0319. The van der Waals surface area contributed by atoms with Crippen LogP contribution in [-0.4, -0.2) is 37.1 Å². The molecule has 2 rings (SSSR count). The third kappa shape index (κ3) is 2.30. The van der Waals surface area contributed by atoms with Gasteiger partial charge in [-0.3, -0.25) is 4.79 Å². The maximum atomic E-state index is 12.5. The Morgan fingerprint density at radius 2 is 1.94 bits per heavy atom. The van der Waals surface area contributed by atoms with Crippen molar-refractivity contribution in [3.05, 3.63) is 0 Å². The number of hydrogen-bond acceptors (Lipinski definition) is 3. The first-order valence-electron chi connectivity index (χ1n) is 6.46. The molecule has 2 aliphatic rings. The monoisotopic (exact) mass is 236 g/mol. The number of hydrogen-bond donors (Lipinski definition) is 0.